The molecule has 1 amide bonds. The number of hydrogen-bond acceptors (Lipinski definition) is 2. The molecule has 0 heterocycles. The average Bonchev–Trinajstić information content (AvgIpc) is 2.49. The smallest absolute Gasteiger partial charge is 0.251 e. The molecule has 0 unspecified atom stereocenters. The SMILES string of the molecule is O=C(NCCSCc1ccccc1Cl)c1ccc(F)cc1. The van der Waals surface area contributed by atoms with E-state index in [0.29, 0.717) is 12.1 Å². The van der Waals surface area contributed by atoms with E-state index in [4.69, 9.17) is 11.6 Å². The van der Waals surface area contributed by atoms with E-state index < -0.39 is 0 Å². The Hall–Kier alpha value is -1.52. The number of nitrogens with one attached hydrogen (secondary N) is 1. The molecule has 0 fully saturated rings. The first-order valence-electron chi connectivity index (χ1n) is 6.52. The Morgan fingerprint density at radius 2 is 1.86 bits per heavy atom. The Morgan fingerprint density at radius 3 is 2.57 bits per heavy atom. The molecule has 1 N–H and O–H groups in total. The largest absolute Gasteiger partial charge is 0.351 e. The summed E-state index contributed by atoms with van der Waals surface area (Å²) in [5.41, 5.74) is 1.56. The van der Waals surface area contributed by atoms with Gasteiger partial charge in [0, 0.05) is 28.6 Å². The molecule has 0 aromatic heterocycles. The second-order valence-electron chi connectivity index (χ2n) is 4.41. The van der Waals surface area contributed by atoms with E-state index in [0.717, 1.165) is 22.1 Å². The molecule has 0 saturated heterocycles. The maximum absolute atomic E-state index is 12.8. The van der Waals surface area contributed by atoms with Crippen LogP contribution in [0.2, 0.25) is 5.02 Å². The van der Waals surface area contributed by atoms with Crippen LogP contribution >= 0.6 is 23.4 Å². The fourth-order valence-corrected chi connectivity index (χ4v) is 2.88. The van der Waals surface area contributed by atoms with E-state index >= 15 is 0 Å². The standard InChI is InChI=1S/C16H15ClFNOS/c17-15-4-2-1-3-13(15)11-21-10-9-19-16(20)12-5-7-14(18)8-6-12/h1-8H,9-11H2,(H,19,20). The van der Waals surface area contributed by atoms with Crippen molar-refractivity contribution in [3.05, 3.63) is 70.5 Å². The van der Waals surface area contributed by atoms with Crippen molar-refractivity contribution in [1.29, 1.82) is 0 Å². The maximum atomic E-state index is 12.8. The van der Waals surface area contributed by atoms with Crippen LogP contribution in [0.4, 0.5) is 4.39 Å². The van der Waals surface area contributed by atoms with Gasteiger partial charge < -0.3 is 5.32 Å². The molecule has 21 heavy (non-hydrogen) atoms. The molecular formula is C16H15ClFNOS. The lowest BCUT2D eigenvalue weighted by Gasteiger charge is -2.06. The predicted molar refractivity (Wildman–Crippen MR) is 86.3 cm³/mol. The van der Waals surface area contributed by atoms with Gasteiger partial charge in [-0.3, -0.25) is 4.79 Å². The first kappa shape index (κ1) is 15.9. The highest BCUT2D eigenvalue weighted by Gasteiger charge is 2.04. The lowest BCUT2D eigenvalue weighted by Crippen LogP contribution is -2.25. The van der Waals surface area contributed by atoms with Crippen LogP contribution in [0, 0.1) is 5.82 Å². The second kappa shape index (κ2) is 8.05. The minimum Gasteiger partial charge on any atom is -0.351 e. The third-order valence-corrected chi connectivity index (χ3v) is 4.23. The summed E-state index contributed by atoms with van der Waals surface area (Å²) in [6.07, 6.45) is 0. The Labute approximate surface area is 132 Å². The van der Waals surface area contributed by atoms with Gasteiger partial charge in [-0.1, -0.05) is 29.8 Å². The summed E-state index contributed by atoms with van der Waals surface area (Å²) < 4.78 is 12.8. The van der Waals surface area contributed by atoms with Crippen molar-refractivity contribution >= 4 is 29.3 Å². The van der Waals surface area contributed by atoms with Gasteiger partial charge in [0.15, 0.2) is 0 Å². The summed E-state index contributed by atoms with van der Waals surface area (Å²) in [4.78, 5) is 11.8. The molecule has 0 aliphatic rings. The van der Waals surface area contributed by atoms with Crippen LogP contribution in [0.25, 0.3) is 0 Å². The summed E-state index contributed by atoms with van der Waals surface area (Å²) in [5, 5.41) is 3.57. The van der Waals surface area contributed by atoms with Gasteiger partial charge in [0.1, 0.15) is 5.82 Å². The quantitative estimate of drug-likeness (QED) is 0.809. The number of amides is 1. The average molecular weight is 324 g/mol. The van der Waals surface area contributed by atoms with Crippen LogP contribution in [-0.2, 0) is 5.75 Å². The molecule has 110 valence electrons. The second-order valence-corrected chi connectivity index (χ2v) is 5.92. The summed E-state index contributed by atoms with van der Waals surface area (Å²) >= 11 is 7.77. The molecule has 0 saturated carbocycles. The van der Waals surface area contributed by atoms with Gasteiger partial charge >= 0.3 is 0 Å². The van der Waals surface area contributed by atoms with Crippen molar-refractivity contribution in [2.24, 2.45) is 0 Å². The normalized spacial score (nSPS) is 10.4. The summed E-state index contributed by atoms with van der Waals surface area (Å²) in [7, 11) is 0. The predicted octanol–water partition coefficient (Wildman–Crippen LogP) is 4.14. The molecular weight excluding hydrogens is 309 g/mol. The zero-order chi connectivity index (χ0) is 15.1. The summed E-state index contributed by atoms with van der Waals surface area (Å²) in [6.45, 7) is 0.561. The van der Waals surface area contributed by atoms with Crippen molar-refractivity contribution in [2.45, 2.75) is 5.75 Å². The Morgan fingerprint density at radius 1 is 1.14 bits per heavy atom. The number of halogens is 2. The molecule has 0 atom stereocenters. The lowest BCUT2D eigenvalue weighted by molar-refractivity contribution is 0.0956. The van der Waals surface area contributed by atoms with Crippen molar-refractivity contribution in [1.82, 2.24) is 5.32 Å². The highest BCUT2D eigenvalue weighted by atomic mass is 35.5. The molecule has 2 nitrogen and oxygen atoms in total. The van der Waals surface area contributed by atoms with Crippen LogP contribution in [0.3, 0.4) is 0 Å². The summed E-state index contributed by atoms with van der Waals surface area (Å²) in [5.74, 6) is 1.07. The molecule has 0 aliphatic carbocycles. The molecule has 0 spiro atoms. The topological polar surface area (TPSA) is 29.1 Å². The van der Waals surface area contributed by atoms with Crippen molar-refractivity contribution in [3.63, 3.8) is 0 Å². The van der Waals surface area contributed by atoms with Gasteiger partial charge in [-0.25, -0.2) is 4.39 Å². The van der Waals surface area contributed by atoms with E-state index in [9.17, 15) is 9.18 Å². The minimum atomic E-state index is -0.346. The monoisotopic (exact) mass is 323 g/mol. The molecule has 2 aromatic carbocycles. The minimum absolute atomic E-state index is 0.187. The molecule has 0 aliphatic heterocycles. The van der Waals surface area contributed by atoms with E-state index in [1.54, 1.807) is 11.8 Å². The van der Waals surface area contributed by atoms with Crippen LogP contribution < -0.4 is 5.32 Å². The molecule has 2 aromatic rings. The van der Waals surface area contributed by atoms with Gasteiger partial charge in [-0.05, 0) is 35.9 Å². The highest BCUT2D eigenvalue weighted by Crippen LogP contribution is 2.20. The first-order chi connectivity index (χ1) is 10.2. The van der Waals surface area contributed by atoms with Crippen LogP contribution in [-0.4, -0.2) is 18.2 Å². The fourth-order valence-electron chi connectivity index (χ4n) is 1.74. The summed E-state index contributed by atoms with van der Waals surface area (Å²) in [6, 6.07) is 13.2. The molecule has 5 heteroatoms. The van der Waals surface area contributed by atoms with Gasteiger partial charge in [-0.2, -0.15) is 11.8 Å². The number of hydrogen-bond donors (Lipinski definition) is 1. The maximum Gasteiger partial charge on any atom is 0.251 e. The Kier molecular flexibility index (Phi) is 6.08. The molecule has 2 rings (SSSR count). The molecule has 0 bridgehead atoms. The van der Waals surface area contributed by atoms with Crippen molar-refractivity contribution < 1.29 is 9.18 Å². The third-order valence-electron chi connectivity index (χ3n) is 2.85. The Balaban J connectivity index is 1.69. The number of carbonyl (C=O) groups excluding carboxylic acids is 1. The first-order valence-corrected chi connectivity index (χ1v) is 8.05. The van der Waals surface area contributed by atoms with E-state index in [1.807, 2.05) is 24.3 Å². The van der Waals surface area contributed by atoms with Crippen LogP contribution in [0.1, 0.15) is 15.9 Å². The molecule has 0 radical (unpaired) electrons. The van der Waals surface area contributed by atoms with Gasteiger partial charge in [0.25, 0.3) is 5.91 Å². The highest BCUT2D eigenvalue weighted by molar-refractivity contribution is 7.98. The zero-order valence-corrected chi connectivity index (χ0v) is 12.9. The van der Waals surface area contributed by atoms with Gasteiger partial charge in [0.05, 0.1) is 0 Å². The lowest BCUT2D eigenvalue weighted by atomic mass is 10.2. The van der Waals surface area contributed by atoms with E-state index in [2.05, 4.69) is 5.32 Å². The van der Waals surface area contributed by atoms with Crippen LogP contribution in [0.15, 0.2) is 48.5 Å². The number of carbonyl (C=O) groups is 1. The van der Waals surface area contributed by atoms with Gasteiger partial charge in [0.2, 0.25) is 0 Å². The van der Waals surface area contributed by atoms with Crippen LogP contribution in [0.5, 0.6) is 0 Å². The third kappa shape index (κ3) is 5.06. The Bertz CT molecular complexity index is 603. The number of rotatable bonds is 6. The van der Waals surface area contributed by atoms with Crippen molar-refractivity contribution in [2.75, 3.05) is 12.3 Å². The fraction of sp³-hybridized carbons (Fsp3) is 0.188. The van der Waals surface area contributed by atoms with E-state index in [1.165, 1.54) is 24.3 Å². The number of thioether (sulfide) groups is 1. The zero-order valence-electron chi connectivity index (χ0n) is 11.3. The van der Waals surface area contributed by atoms with E-state index in [-0.39, 0.29) is 11.7 Å². The van der Waals surface area contributed by atoms with Gasteiger partial charge in [-0.15, -0.1) is 0 Å². The number of benzene rings is 2. The van der Waals surface area contributed by atoms with Crippen molar-refractivity contribution in [3.8, 4) is 0 Å².